The Morgan fingerprint density at radius 2 is 1.42 bits per heavy atom. The summed E-state index contributed by atoms with van der Waals surface area (Å²) >= 11 is 2.39. The molecule has 0 saturated heterocycles. The Balaban J connectivity index is 2.02. The summed E-state index contributed by atoms with van der Waals surface area (Å²) in [5.74, 6) is 0. The van der Waals surface area contributed by atoms with Crippen molar-refractivity contribution in [3.63, 3.8) is 0 Å². The SMILES string of the molecule is CCCCC/C=C(/CC(=O)Sc1ccccc1)C(=O)Sc1ccccc1. The highest BCUT2D eigenvalue weighted by molar-refractivity contribution is 8.14. The molecule has 2 aromatic rings. The van der Waals surface area contributed by atoms with E-state index in [1.54, 1.807) is 0 Å². The summed E-state index contributed by atoms with van der Waals surface area (Å²) in [6.07, 6.45) is 6.29. The molecule has 0 aliphatic carbocycles. The highest BCUT2D eigenvalue weighted by atomic mass is 32.2. The van der Waals surface area contributed by atoms with Crippen LogP contribution in [0.2, 0.25) is 0 Å². The number of unbranched alkanes of at least 4 members (excludes halogenated alkanes) is 3. The number of rotatable bonds is 9. The summed E-state index contributed by atoms with van der Waals surface area (Å²) in [5.41, 5.74) is 0.614. The smallest absolute Gasteiger partial charge is 0.220 e. The molecule has 4 heteroatoms. The highest BCUT2D eigenvalue weighted by Crippen LogP contribution is 2.27. The molecule has 0 aliphatic rings. The first-order valence-electron chi connectivity index (χ1n) is 8.91. The van der Waals surface area contributed by atoms with E-state index in [-0.39, 0.29) is 16.7 Å². The van der Waals surface area contributed by atoms with Crippen LogP contribution in [0.3, 0.4) is 0 Å². The number of benzene rings is 2. The van der Waals surface area contributed by atoms with Crippen LogP contribution < -0.4 is 0 Å². The largest absolute Gasteiger partial charge is 0.286 e. The van der Waals surface area contributed by atoms with Crippen molar-refractivity contribution in [3.8, 4) is 0 Å². The maximum Gasteiger partial charge on any atom is 0.220 e. The minimum absolute atomic E-state index is 0.0000433. The molecule has 0 unspecified atom stereocenters. The summed E-state index contributed by atoms with van der Waals surface area (Å²) in [7, 11) is 0. The Labute approximate surface area is 164 Å². The van der Waals surface area contributed by atoms with Crippen LogP contribution in [0.15, 0.2) is 82.1 Å². The number of carbonyl (C=O) groups is 2. The van der Waals surface area contributed by atoms with Gasteiger partial charge in [-0.05, 0) is 48.9 Å². The normalized spacial score (nSPS) is 11.3. The predicted molar refractivity (Wildman–Crippen MR) is 111 cm³/mol. The van der Waals surface area contributed by atoms with Crippen molar-refractivity contribution in [1.29, 1.82) is 0 Å². The van der Waals surface area contributed by atoms with Crippen molar-refractivity contribution in [1.82, 2.24) is 0 Å². The molecule has 0 amide bonds. The van der Waals surface area contributed by atoms with Gasteiger partial charge in [0.05, 0.1) is 0 Å². The van der Waals surface area contributed by atoms with Crippen LogP contribution in [-0.2, 0) is 9.59 Å². The maximum absolute atomic E-state index is 12.7. The molecule has 26 heavy (non-hydrogen) atoms. The predicted octanol–water partition coefficient (Wildman–Crippen LogP) is 6.52. The van der Waals surface area contributed by atoms with E-state index >= 15 is 0 Å². The molecule has 0 N–H and O–H groups in total. The molecule has 0 radical (unpaired) electrons. The highest BCUT2D eigenvalue weighted by Gasteiger charge is 2.16. The summed E-state index contributed by atoms with van der Waals surface area (Å²) in [4.78, 5) is 26.9. The van der Waals surface area contributed by atoms with E-state index in [1.165, 1.54) is 23.5 Å². The number of hydrogen-bond donors (Lipinski definition) is 0. The lowest BCUT2D eigenvalue weighted by Gasteiger charge is -2.07. The molecule has 0 aromatic heterocycles. The fraction of sp³-hybridized carbons (Fsp3) is 0.273. The Kier molecular flexibility index (Phi) is 9.29. The summed E-state index contributed by atoms with van der Waals surface area (Å²) < 4.78 is 0. The zero-order valence-corrected chi connectivity index (χ0v) is 16.7. The van der Waals surface area contributed by atoms with Gasteiger partial charge in [-0.2, -0.15) is 0 Å². The van der Waals surface area contributed by atoms with E-state index in [2.05, 4.69) is 6.92 Å². The van der Waals surface area contributed by atoms with Crippen molar-refractivity contribution in [2.24, 2.45) is 0 Å². The molecular weight excluding hydrogens is 360 g/mol. The topological polar surface area (TPSA) is 34.1 Å². The number of thioether (sulfide) groups is 2. The molecule has 2 nitrogen and oxygen atoms in total. The fourth-order valence-corrected chi connectivity index (χ4v) is 3.95. The molecule has 0 spiro atoms. The lowest BCUT2D eigenvalue weighted by atomic mass is 10.1. The van der Waals surface area contributed by atoms with Gasteiger partial charge in [-0.15, -0.1) is 0 Å². The Morgan fingerprint density at radius 1 is 0.846 bits per heavy atom. The summed E-state index contributed by atoms with van der Waals surface area (Å²) in [6, 6.07) is 19.1. The zero-order valence-electron chi connectivity index (χ0n) is 15.0. The van der Waals surface area contributed by atoms with Gasteiger partial charge in [-0.25, -0.2) is 0 Å². The van der Waals surface area contributed by atoms with E-state index in [0.717, 1.165) is 35.5 Å². The number of hydrogen-bond acceptors (Lipinski definition) is 4. The van der Waals surface area contributed by atoms with E-state index in [9.17, 15) is 9.59 Å². The molecule has 2 rings (SSSR count). The van der Waals surface area contributed by atoms with Crippen LogP contribution in [-0.4, -0.2) is 10.2 Å². The van der Waals surface area contributed by atoms with Gasteiger partial charge in [0.15, 0.2) is 5.12 Å². The Hall–Kier alpha value is -1.78. The molecule has 0 aliphatic heterocycles. The second-order valence-corrected chi connectivity index (χ2v) is 8.07. The van der Waals surface area contributed by atoms with Gasteiger partial charge in [0.2, 0.25) is 5.12 Å². The van der Waals surface area contributed by atoms with Gasteiger partial charge < -0.3 is 0 Å². The van der Waals surface area contributed by atoms with Crippen molar-refractivity contribution in [2.45, 2.75) is 48.8 Å². The molecule has 0 saturated carbocycles. The summed E-state index contributed by atoms with van der Waals surface area (Å²) in [6.45, 7) is 2.15. The van der Waals surface area contributed by atoms with Gasteiger partial charge in [0.25, 0.3) is 0 Å². The van der Waals surface area contributed by atoms with E-state index in [4.69, 9.17) is 0 Å². The second kappa shape index (κ2) is 11.8. The van der Waals surface area contributed by atoms with E-state index in [1.807, 2.05) is 66.7 Å². The van der Waals surface area contributed by atoms with Crippen LogP contribution in [0.1, 0.15) is 39.0 Å². The van der Waals surface area contributed by atoms with Crippen LogP contribution >= 0.6 is 23.5 Å². The third-order valence-corrected chi connectivity index (χ3v) is 5.56. The van der Waals surface area contributed by atoms with Crippen LogP contribution in [0, 0.1) is 0 Å². The quantitative estimate of drug-likeness (QED) is 0.280. The van der Waals surface area contributed by atoms with Gasteiger partial charge >= 0.3 is 0 Å². The van der Waals surface area contributed by atoms with Crippen LogP contribution in [0.25, 0.3) is 0 Å². The maximum atomic E-state index is 12.7. The first-order chi connectivity index (χ1) is 12.7. The molecule has 0 heterocycles. The second-order valence-electron chi connectivity index (χ2n) is 5.89. The average Bonchev–Trinajstić information content (AvgIpc) is 2.66. The molecule has 0 atom stereocenters. The van der Waals surface area contributed by atoms with Crippen molar-refractivity contribution >= 4 is 33.8 Å². The van der Waals surface area contributed by atoms with Crippen molar-refractivity contribution in [2.75, 3.05) is 0 Å². The van der Waals surface area contributed by atoms with E-state index in [0.29, 0.717) is 5.57 Å². The molecule has 0 fully saturated rings. The monoisotopic (exact) mass is 384 g/mol. The standard InChI is InChI=1S/C22H24O2S2/c1-2-3-4-7-12-18(22(24)26-20-15-10-6-11-16-20)17-21(23)25-19-13-8-5-9-14-19/h5-6,8-16H,2-4,7,17H2,1H3/b18-12-. The van der Waals surface area contributed by atoms with Crippen molar-refractivity contribution in [3.05, 3.63) is 72.3 Å². The van der Waals surface area contributed by atoms with Gasteiger partial charge in [-0.3, -0.25) is 9.59 Å². The average molecular weight is 385 g/mol. The first kappa shape index (κ1) is 20.5. The van der Waals surface area contributed by atoms with Crippen LogP contribution in [0.4, 0.5) is 0 Å². The number of allylic oxidation sites excluding steroid dienone is 1. The molecular formula is C22H24O2S2. The van der Waals surface area contributed by atoms with Crippen molar-refractivity contribution < 1.29 is 9.59 Å². The van der Waals surface area contributed by atoms with Gasteiger partial charge in [-0.1, -0.05) is 74.0 Å². The molecule has 136 valence electrons. The number of carbonyl (C=O) groups excluding carboxylic acids is 2. The lowest BCUT2D eigenvalue weighted by Crippen LogP contribution is -2.03. The first-order valence-corrected chi connectivity index (χ1v) is 10.5. The minimum atomic E-state index is -0.0327. The molecule has 2 aromatic carbocycles. The Bertz CT molecular complexity index is 724. The third kappa shape index (κ3) is 7.63. The van der Waals surface area contributed by atoms with Gasteiger partial charge in [0, 0.05) is 21.8 Å². The van der Waals surface area contributed by atoms with E-state index < -0.39 is 0 Å². The third-order valence-electron chi connectivity index (χ3n) is 3.72. The minimum Gasteiger partial charge on any atom is -0.286 e. The van der Waals surface area contributed by atoms with Gasteiger partial charge in [0.1, 0.15) is 0 Å². The summed E-state index contributed by atoms with van der Waals surface area (Å²) in [5, 5.41) is -0.0327. The van der Waals surface area contributed by atoms with Crippen LogP contribution in [0.5, 0.6) is 0 Å². The zero-order chi connectivity index (χ0) is 18.6. The lowest BCUT2D eigenvalue weighted by molar-refractivity contribution is -0.112. The molecule has 0 bridgehead atoms. The Morgan fingerprint density at radius 3 is 2.00 bits per heavy atom. The fourth-order valence-electron chi connectivity index (χ4n) is 2.37.